The van der Waals surface area contributed by atoms with Gasteiger partial charge in [0.2, 0.25) is 0 Å². The first kappa shape index (κ1) is 19.8. The minimum Gasteiger partial charge on any atom is -0.378 e. The normalized spacial score (nSPS) is 15.0. The highest BCUT2D eigenvalue weighted by Gasteiger charge is 2.34. The molecule has 7 heteroatoms. The van der Waals surface area contributed by atoms with Crippen molar-refractivity contribution >= 4 is 35.3 Å². The van der Waals surface area contributed by atoms with E-state index in [4.69, 9.17) is 11.6 Å². The van der Waals surface area contributed by atoms with Gasteiger partial charge in [0.05, 0.1) is 6.54 Å². The summed E-state index contributed by atoms with van der Waals surface area (Å²) in [6, 6.07) is 18.6. The molecule has 1 fully saturated rings. The lowest BCUT2D eigenvalue weighted by molar-refractivity contribution is -0.123. The fourth-order valence-electron chi connectivity index (χ4n) is 3.32. The van der Waals surface area contributed by atoms with E-state index in [1.807, 2.05) is 78.3 Å². The van der Waals surface area contributed by atoms with E-state index in [-0.39, 0.29) is 18.1 Å². The van der Waals surface area contributed by atoms with E-state index in [0.29, 0.717) is 10.6 Å². The molecule has 30 heavy (non-hydrogen) atoms. The van der Waals surface area contributed by atoms with Gasteiger partial charge >= 0.3 is 6.03 Å². The molecular formula is C23H21ClN4O2. The molecule has 0 atom stereocenters. The van der Waals surface area contributed by atoms with Crippen molar-refractivity contribution in [1.29, 1.82) is 0 Å². The van der Waals surface area contributed by atoms with Crippen LogP contribution in [0, 0.1) is 0 Å². The summed E-state index contributed by atoms with van der Waals surface area (Å²) >= 11 is 6.18. The Balaban J connectivity index is 1.59. The van der Waals surface area contributed by atoms with Crippen molar-refractivity contribution in [1.82, 2.24) is 14.8 Å². The Morgan fingerprint density at radius 3 is 2.43 bits per heavy atom. The zero-order chi connectivity index (χ0) is 21.3. The number of nitrogens with one attached hydrogen (secondary N) is 1. The van der Waals surface area contributed by atoms with Gasteiger partial charge in [0, 0.05) is 42.4 Å². The highest BCUT2D eigenvalue weighted by Crippen LogP contribution is 2.23. The molecule has 3 aromatic rings. The Morgan fingerprint density at radius 1 is 1.00 bits per heavy atom. The van der Waals surface area contributed by atoms with Gasteiger partial charge in [-0.1, -0.05) is 29.8 Å². The van der Waals surface area contributed by atoms with Crippen LogP contribution >= 0.6 is 11.6 Å². The van der Waals surface area contributed by atoms with Crippen molar-refractivity contribution in [2.45, 2.75) is 6.54 Å². The Labute approximate surface area is 180 Å². The lowest BCUT2D eigenvalue weighted by Gasteiger charge is -2.14. The van der Waals surface area contributed by atoms with Crippen LogP contribution in [-0.4, -0.2) is 35.5 Å². The van der Waals surface area contributed by atoms with Crippen LogP contribution in [0.1, 0.15) is 11.3 Å². The van der Waals surface area contributed by atoms with Gasteiger partial charge in [0.15, 0.2) is 0 Å². The Hall–Kier alpha value is -3.51. The Kier molecular flexibility index (Phi) is 5.33. The topological polar surface area (TPSA) is 57.6 Å². The highest BCUT2D eigenvalue weighted by atomic mass is 35.5. The predicted octanol–water partition coefficient (Wildman–Crippen LogP) is 4.29. The minimum absolute atomic E-state index is 0.120. The molecule has 0 unspecified atom stereocenters. The fourth-order valence-corrected chi connectivity index (χ4v) is 3.51. The summed E-state index contributed by atoms with van der Waals surface area (Å²) in [6.45, 7) is 0.120. The molecule has 0 radical (unpaired) electrons. The number of urea groups is 1. The number of anilines is 1. The highest BCUT2D eigenvalue weighted by molar-refractivity contribution is 6.31. The van der Waals surface area contributed by atoms with Crippen LogP contribution in [0.3, 0.4) is 0 Å². The number of benzene rings is 2. The van der Waals surface area contributed by atoms with Crippen molar-refractivity contribution in [2.24, 2.45) is 0 Å². The van der Waals surface area contributed by atoms with Gasteiger partial charge in [-0.25, -0.2) is 4.79 Å². The van der Waals surface area contributed by atoms with Crippen molar-refractivity contribution in [2.75, 3.05) is 19.0 Å². The van der Waals surface area contributed by atoms with Gasteiger partial charge < -0.3 is 14.8 Å². The van der Waals surface area contributed by atoms with Crippen LogP contribution in [0.15, 0.2) is 72.6 Å². The maximum absolute atomic E-state index is 12.8. The van der Waals surface area contributed by atoms with Crippen LogP contribution < -0.4 is 10.2 Å². The number of imide groups is 1. The predicted molar refractivity (Wildman–Crippen MR) is 119 cm³/mol. The second-order valence-corrected chi connectivity index (χ2v) is 7.59. The third-order valence-electron chi connectivity index (χ3n) is 4.97. The van der Waals surface area contributed by atoms with E-state index in [1.54, 1.807) is 18.2 Å². The van der Waals surface area contributed by atoms with Crippen molar-refractivity contribution in [3.63, 3.8) is 0 Å². The van der Waals surface area contributed by atoms with E-state index in [9.17, 15) is 9.59 Å². The zero-order valence-corrected chi connectivity index (χ0v) is 17.4. The summed E-state index contributed by atoms with van der Waals surface area (Å²) in [7, 11) is 3.98. The van der Waals surface area contributed by atoms with E-state index >= 15 is 0 Å². The summed E-state index contributed by atoms with van der Waals surface area (Å²) in [4.78, 5) is 28.4. The Bertz CT molecular complexity index is 1130. The summed E-state index contributed by atoms with van der Waals surface area (Å²) in [5.74, 6) is -0.379. The standard InChI is InChI=1S/C23H21ClN4O2/c1-26(2)17-9-11-18(12-10-17)27-13-5-7-19(27)14-21-22(29)28(23(30)25-21)15-16-6-3-4-8-20(16)24/h3-14H,15H2,1-2H3,(H,25,30)/b21-14-. The molecule has 2 heterocycles. The first-order valence-corrected chi connectivity index (χ1v) is 9.85. The molecule has 1 aliphatic rings. The smallest absolute Gasteiger partial charge is 0.329 e. The number of nitrogens with zero attached hydrogens (tertiary/aromatic N) is 3. The summed E-state index contributed by atoms with van der Waals surface area (Å²) in [5.41, 5.74) is 3.79. The molecule has 3 amide bonds. The summed E-state index contributed by atoms with van der Waals surface area (Å²) in [5, 5.41) is 3.19. The molecule has 6 nitrogen and oxygen atoms in total. The van der Waals surface area contributed by atoms with Gasteiger partial charge in [0.1, 0.15) is 5.70 Å². The molecule has 1 aliphatic heterocycles. The van der Waals surface area contributed by atoms with Crippen molar-refractivity contribution in [3.8, 4) is 5.69 Å². The quantitative estimate of drug-likeness (QED) is 0.495. The van der Waals surface area contributed by atoms with Crippen LogP contribution in [-0.2, 0) is 11.3 Å². The fraction of sp³-hybridized carbons (Fsp3) is 0.130. The van der Waals surface area contributed by atoms with E-state index < -0.39 is 6.03 Å². The number of halogens is 1. The molecule has 1 saturated heterocycles. The number of amides is 3. The third kappa shape index (κ3) is 3.82. The number of hydrogen-bond acceptors (Lipinski definition) is 3. The first-order chi connectivity index (χ1) is 14.4. The molecule has 152 valence electrons. The minimum atomic E-state index is -0.459. The van der Waals surface area contributed by atoms with Gasteiger partial charge in [-0.3, -0.25) is 9.69 Å². The molecule has 0 spiro atoms. The SMILES string of the molecule is CN(C)c1ccc(-n2cccc2/C=C2\NC(=O)N(Cc3ccccc3Cl)C2=O)cc1. The maximum Gasteiger partial charge on any atom is 0.329 e. The lowest BCUT2D eigenvalue weighted by Crippen LogP contribution is -2.30. The number of hydrogen-bond donors (Lipinski definition) is 1. The van der Waals surface area contributed by atoms with Crippen LogP contribution in [0.5, 0.6) is 0 Å². The molecule has 0 aliphatic carbocycles. The summed E-state index contributed by atoms with van der Waals surface area (Å²) in [6.07, 6.45) is 3.60. The van der Waals surface area contributed by atoms with Gasteiger partial charge in [-0.15, -0.1) is 0 Å². The van der Waals surface area contributed by atoms with Crippen molar-refractivity contribution in [3.05, 3.63) is 88.8 Å². The second kappa shape index (κ2) is 8.08. The van der Waals surface area contributed by atoms with Crippen LogP contribution in [0.25, 0.3) is 11.8 Å². The second-order valence-electron chi connectivity index (χ2n) is 7.18. The lowest BCUT2D eigenvalue weighted by atomic mass is 10.2. The zero-order valence-electron chi connectivity index (χ0n) is 16.7. The van der Waals surface area contributed by atoms with Gasteiger partial charge in [-0.05, 0) is 54.1 Å². The molecule has 1 aromatic heterocycles. The van der Waals surface area contributed by atoms with Crippen LogP contribution in [0.4, 0.5) is 10.5 Å². The maximum atomic E-state index is 12.8. The summed E-state index contributed by atoms with van der Waals surface area (Å²) < 4.78 is 1.96. The first-order valence-electron chi connectivity index (χ1n) is 9.47. The molecule has 0 bridgehead atoms. The third-order valence-corrected chi connectivity index (χ3v) is 5.33. The molecule has 4 rings (SSSR count). The monoisotopic (exact) mass is 420 g/mol. The number of carbonyl (C=O) groups excluding carboxylic acids is 2. The average molecular weight is 421 g/mol. The average Bonchev–Trinajstić information content (AvgIpc) is 3.30. The van der Waals surface area contributed by atoms with Crippen LogP contribution in [0.2, 0.25) is 5.02 Å². The van der Waals surface area contributed by atoms with Gasteiger partial charge in [0.25, 0.3) is 5.91 Å². The van der Waals surface area contributed by atoms with E-state index in [0.717, 1.165) is 22.0 Å². The van der Waals surface area contributed by atoms with Crippen molar-refractivity contribution < 1.29 is 9.59 Å². The Morgan fingerprint density at radius 2 is 1.73 bits per heavy atom. The molecule has 0 saturated carbocycles. The number of aromatic nitrogens is 1. The van der Waals surface area contributed by atoms with Gasteiger partial charge in [-0.2, -0.15) is 0 Å². The largest absolute Gasteiger partial charge is 0.378 e. The molecule has 1 N–H and O–H groups in total. The van der Waals surface area contributed by atoms with E-state index in [1.165, 1.54) is 0 Å². The number of carbonyl (C=O) groups is 2. The molecular weight excluding hydrogens is 400 g/mol. The number of rotatable bonds is 5. The van der Waals surface area contributed by atoms with E-state index in [2.05, 4.69) is 5.32 Å². The molecule has 2 aromatic carbocycles.